The van der Waals surface area contributed by atoms with Gasteiger partial charge in [0.05, 0.1) is 38.1 Å². The second-order valence-electron chi connectivity index (χ2n) is 9.29. The summed E-state index contributed by atoms with van der Waals surface area (Å²) < 4.78 is 12.7. The third-order valence-electron chi connectivity index (χ3n) is 7.10. The number of ether oxygens (including phenoxy) is 2. The molecule has 0 spiro atoms. The lowest BCUT2D eigenvalue weighted by Gasteiger charge is -2.28. The van der Waals surface area contributed by atoms with Gasteiger partial charge in [-0.05, 0) is 62.7 Å². The molecule has 4 heterocycles. The van der Waals surface area contributed by atoms with Gasteiger partial charge >= 0.3 is 5.97 Å². The molecular weight excluding hydrogens is 462 g/mol. The van der Waals surface area contributed by atoms with E-state index in [4.69, 9.17) is 21.7 Å². The smallest absolute Gasteiger partial charge is 0.305 e. The molecule has 2 aliphatic rings. The molecule has 2 aromatic heterocycles. The summed E-state index contributed by atoms with van der Waals surface area (Å²) in [6.45, 7) is 10.8. The number of pyridine rings is 1. The number of carbonyl (C=O) groups excluding carboxylic acids is 1. The summed E-state index contributed by atoms with van der Waals surface area (Å²) in [4.78, 5) is 21.1. The van der Waals surface area contributed by atoms with Crippen molar-refractivity contribution < 1.29 is 14.3 Å². The lowest BCUT2D eigenvalue weighted by Crippen LogP contribution is -2.37. The second kappa shape index (κ2) is 12.0. The van der Waals surface area contributed by atoms with Crippen LogP contribution in [0.5, 0.6) is 0 Å². The highest BCUT2D eigenvalue weighted by Gasteiger charge is 2.41. The van der Waals surface area contributed by atoms with Gasteiger partial charge in [-0.1, -0.05) is 6.07 Å². The zero-order valence-electron chi connectivity index (χ0n) is 21.0. The van der Waals surface area contributed by atoms with Crippen molar-refractivity contribution in [2.75, 3.05) is 46.5 Å². The Balaban J connectivity index is 1.55. The van der Waals surface area contributed by atoms with E-state index in [0.717, 1.165) is 51.5 Å². The van der Waals surface area contributed by atoms with E-state index in [0.29, 0.717) is 24.5 Å². The monoisotopic (exact) mass is 499 g/mol. The molecule has 2 aliphatic heterocycles. The Labute approximate surface area is 213 Å². The van der Waals surface area contributed by atoms with Crippen molar-refractivity contribution in [3.63, 3.8) is 0 Å². The fourth-order valence-electron chi connectivity index (χ4n) is 5.23. The van der Waals surface area contributed by atoms with E-state index in [1.165, 1.54) is 24.1 Å². The van der Waals surface area contributed by atoms with Crippen LogP contribution in [-0.2, 0) is 20.8 Å². The minimum Gasteiger partial charge on any atom is -0.469 e. The standard InChI is InChI=1S/C26H37N5O3S/c1-19-18-21(20(2)30(19)13-7-11-29-14-16-34-17-15-29)25-24(22-8-4-5-10-27-22)28-26(35)31(25)12-6-9-23(32)33-3/h4-5,8,10,18,24-25H,6-7,9,11-17H2,1-3H3,(H,28,35)/t24-,25-/m1/s1. The van der Waals surface area contributed by atoms with Crippen molar-refractivity contribution in [2.45, 2.75) is 51.7 Å². The molecule has 0 aliphatic carbocycles. The number of aryl methyl sites for hydroxylation is 1. The van der Waals surface area contributed by atoms with Gasteiger partial charge in [-0.2, -0.15) is 0 Å². The van der Waals surface area contributed by atoms with E-state index in [-0.39, 0.29) is 18.1 Å². The van der Waals surface area contributed by atoms with Crippen molar-refractivity contribution in [2.24, 2.45) is 0 Å². The molecule has 0 aromatic carbocycles. The van der Waals surface area contributed by atoms with Crippen LogP contribution in [0.2, 0.25) is 0 Å². The molecule has 1 N–H and O–H groups in total. The van der Waals surface area contributed by atoms with E-state index in [1.54, 1.807) is 0 Å². The minimum atomic E-state index is -0.195. The number of aromatic nitrogens is 2. The molecule has 0 unspecified atom stereocenters. The molecule has 9 heteroatoms. The second-order valence-corrected chi connectivity index (χ2v) is 9.67. The van der Waals surface area contributed by atoms with Crippen molar-refractivity contribution in [3.8, 4) is 0 Å². The Morgan fingerprint density at radius 1 is 1.20 bits per heavy atom. The summed E-state index contributed by atoms with van der Waals surface area (Å²) in [5, 5.41) is 4.22. The Morgan fingerprint density at radius 2 is 2.00 bits per heavy atom. The molecule has 35 heavy (non-hydrogen) atoms. The van der Waals surface area contributed by atoms with Crippen LogP contribution in [0.4, 0.5) is 0 Å². The van der Waals surface area contributed by atoms with Gasteiger partial charge in [0.25, 0.3) is 0 Å². The summed E-state index contributed by atoms with van der Waals surface area (Å²) in [6.07, 6.45) is 3.98. The molecule has 190 valence electrons. The molecule has 2 atom stereocenters. The maximum atomic E-state index is 11.7. The summed E-state index contributed by atoms with van der Waals surface area (Å²) in [5.74, 6) is -0.195. The SMILES string of the molecule is COC(=O)CCCN1C(=S)N[C@H](c2ccccn2)[C@H]1c1cc(C)n(CCCN2CCOCC2)c1C. The van der Waals surface area contributed by atoms with Gasteiger partial charge in [0.1, 0.15) is 0 Å². The zero-order valence-corrected chi connectivity index (χ0v) is 21.9. The Hall–Kier alpha value is -2.49. The number of thiocarbonyl (C=S) groups is 1. The number of nitrogens with zero attached hydrogens (tertiary/aromatic N) is 4. The van der Waals surface area contributed by atoms with Crippen LogP contribution in [0.3, 0.4) is 0 Å². The van der Waals surface area contributed by atoms with E-state index in [9.17, 15) is 4.79 Å². The number of methoxy groups -OCH3 is 1. The van der Waals surface area contributed by atoms with Crippen LogP contribution < -0.4 is 5.32 Å². The first-order valence-corrected chi connectivity index (χ1v) is 12.9. The largest absolute Gasteiger partial charge is 0.469 e. The van der Waals surface area contributed by atoms with Gasteiger partial charge < -0.3 is 24.3 Å². The van der Waals surface area contributed by atoms with Crippen molar-refractivity contribution >= 4 is 23.3 Å². The van der Waals surface area contributed by atoms with Gasteiger partial charge in [0.2, 0.25) is 0 Å². The number of esters is 1. The zero-order chi connectivity index (χ0) is 24.8. The van der Waals surface area contributed by atoms with Crippen LogP contribution in [0.15, 0.2) is 30.5 Å². The first kappa shape index (κ1) is 25.6. The van der Waals surface area contributed by atoms with Crippen LogP contribution >= 0.6 is 12.2 Å². The number of nitrogens with one attached hydrogen (secondary N) is 1. The van der Waals surface area contributed by atoms with Crippen LogP contribution in [0.1, 0.15) is 54.0 Å². The third-order valence-corrected chi connectivity index (χ3v) is 7.45. The molecular formula is C26H37N5O3S. The topological polar surface area (TPSA) is 71.9 Å². The van der Waals surface area contributed by atoms with E-state index in [1.807, 2.05) is 24.4 Å². The molecule has 2 fully saturated rings. The molecule has 8 nitrogen and oxygen atoms in total. The highest BCUT2D eigenvalue weighted by Crippen LogP contribution is 2.41. The quantitative estimate of drug-likeness (QED) is 0.395. The van der Waals surface area contributed by atoms with Crippen molar-refractivity contribution in [3.05, 3.63) is 53.1 Å². The summed E-state index contributed by atoms with van der Waals surface area (Å²) in [6, 6.07) is 8.25. The number of hydrogen-bond donors (Lipinski definition) is 1. The minimum absolute atomic E-state index is 0.00856. The first-order valence-electron chi connectivity index (χ1n) is 12.5. The van der Waals surface area contributed by atoms with Gasteiger partial charge in [-0.3, -0.25) is 14.7 Å². The van der Waals surface area contributed by atoms with E-state index in [2.05, 4.69) is 44.6 Å². The normalized spacial score (nSPS) is 20.8. The maximum absolute atomic E-state index is 11.7. The highest BCUT2D eigenvalue weighted by atomic mass is 32.1. The Kier molecular flexibility index (Phi) is 8.75. The molecule has 0 amide bonds. The predicted molar refractivity (Wildman–Crippen MR) is 139 cm³/mol. The molecule has 0 radical (unpaired) electrons. The fraction of sp³-hybridized carbons (Fsp3) is 0.577. The molecule has 0 saturated carbocycles. The van der Waals surface area contributed by atoms with Gasteiger partial charge in [-0.15, -0.1) is 0 Å². The van der Waals surface area contributed by atoms with Gasteiger partial charge in [0, 0.05) is 56.7 Å². The first-order chi connectivity index (χ1) is 17.0. The average Bonchev–Trinajstić information content (AvgIpc) is 3.35. The highest BCUT2D eigenvalue weighted by molar-refractivity contribution is 7.80. The number of hydrogen-bond acceptors (Lipinski definition) is 6. The van der Waals surface area contributed by atoms with E-state index < -0.39 is 0 Å². The average molecular weight is 500 g/mol. The van der Waals surface area contributed by atoms with Crippen LogP contribution in [0.25, 0.3) is 0 Å². The van der Waals surface area contributed by atoms with Gasteiger partial charge in [-0.25, -0.2) is 0 Å². The van der Waals surface area contributed by atoms with Crippen LogP contribution in [-0.4, -0.2) is 76.9 Å². The Bertz CT molecular complexity index is 1010. The lowest BCUT2D eigenvalue weighted by atomic mass is 9.96. The van der Waals surface area contributed by atoms with Crippen molar-refractivity contribution in [1.82, 2.24) is 24.7 Å². The van der Waals surface area contributed by atoms with Crippen molar-refractivity contribution in [1.29, 1.82) is 0 Å². The summed E-state index contributed by atoms with van der Waals surface area (Å²) in [7, 11) is 1.43. The molecule has 2 saturated heterocycles. The summed E-state index contributed by atoms with van der Waals surface area (Å²) >= 11 is 5.78. The van der Waals surface area contributed by atoms with Gasteiger partial charge in [0.15, 0.2) is 5.11 Å². The lowest BCUT2D eigenvalue weighted by molar-refractivity contribution is -0.140. The predicted octanol–water partition coefficient (Wildman–Crippen LogP) is 3.15. The number of carbonyl (C=O) groups is 1. The molecule has 2 aromatic rings. The maximum Gasteiger partial charge on any atom is 0.305 e. The summed E-state index contributed by atoms with van der Waals surface area (Å²) in [5.41, 5.74) is 4.74. The third kappa shape index (κ3) is 6.02. The number of rotatable bonds is 10. The number of morpholine rings is 1. The fourth-order valence-corrected chi connectivity index (χ4v) is 5.56. The van der Waals surface area contributed by atoms with E-state index >= 15 is 0 Å². The molecule has 4 rings (SSSR count). The molecule has 0 bridgehead atoms. The van der Waals surface area contributed by atoms with Crippen LogP contribution in [0, 0.1) is 13.8 Å². The Morgan fingerprint density at radius 3 is 2.71 bits per heavy atom.